The van der Waals surface area contributed by atoms with Gasteiger partial charge in [0.2, 0.25) is 5.91 Å². The zero-order chi connectivity index (χ0) is 30.5. The van der Waals surface area contributed by atoms with E-state index in [0.717, 1.165) is 32.1 Å². The third-order valence-electron chi connectivity index (χ3n) is 7.38. The van der Waals surface area contributed by atoms with Crippen molar-refractivity contribution in [3.63, 3.8) is 0 Å². The Morgan fingerprint density at radius 1 is 0.886 bits per heavy atom. The summed E-state index contributed by atoms with van der Waals surface area (Å²) in [5.41, 5.74) is 3.98. The Bertz CT molecular complexity index is 1690. The maximum atomic E-state index is 13.7. The lowest BCUT2D eigenvalue weighted by Gasteiger charge is -2.49. The highest BCUT2D eigenvalue weighted by atomic mass is 32.2. The fourth-order valence-electron chi connectivity index (χ4n) is 5.15. The molecule has 6 rings (SSSR count). The summed E-state index contributed by atoms with van der Waals surface area (Å²) in [5, 5.41) is 2.49. The van der Waals surface area contributed by atoms with Gasteiger partial charge < -0.3 is 14.8 Å². The van der Waals surface area contributed by atoms with Gasteiger partial charge in [0.05, 0.1) is 13.5 Å². The summed E-state index contributed by atoms with van der Waals surface area (Å²) in [7, 11) is 1.59. The third kappa shape index (κ3) is 6.39. The van der Waals surface area contributed by atoms with Crippen LogP contribution in [0.4, 0.5) is 0 Å². The van der Waals surface area contributed by atoms with Gasteiger partial charge in [-0.2, -0.15) is 0 Å². The number of carbonyl (C=O) groups is 3. The molecule has 2 aliphatic heterocycles. The van der Waals surface area contributed by atoms with E-state index in [1.165, 1.54) is 28.4 Å². The fourth-order valence-corrected chi connectivity index (χ4v) is 7.77. The Balaban J connectivity index is 1.26. The molecule has 0 saturated carbocycles. The number of nitrogens with zero attached hydrogens (tertiary/aromatic N) is 1. The third-order valence-corrected chi connectivity index (χ3v) is 10.0. The highest BCUT2D eigenvalue weighted by Gasteiger charge is 2.54. The van der Waals surface area contributed by atoms with E-state index in [-0.39, 0.29) is 30.5 Å². The maximum Gasteiger partial charge on any atom is 0.356 e. The second kappa shape index (κ2) is 13.4. The van der Waals surface area contributed by atoms with Crippen molar-refractivity contribution in [1.29, 1.82) is 0 Å². The van der Waals surface area contributed by atoms with Crippen molar-refractivity contribution in [1.82, 2.24) is 10.2 Å². The molecule has 4 aromatic rings. The minimum absolute atomic E-state index is 0.0436. The van der Waals surface area contributed by atoms with Crippen molar-refractivity contribution in [2.45, 2.75) is 29.3 Å². The summed E-state index contributed by atoms with van der Waals surface area (Å²) in [6, 6.07) is 34.0. The second-order valence-corrected chi connectivity index (χ2v) is 12.5. The quantitative estimate of drug-likeness (QED) is 0.170. The topological polar surface area (TPSA) is 84.9 Å². The van der Waals surface area contributed by atoms with Gasteiger partial charge in [0.1, 0.15) is 29.5 Å². The van der Waals surface area contributed by atoms with E-state index in [4.69, 9.17) is 9.47 Å². The van der Waals surface area contributed by atoms with Crippen LogP contribution >= 0.6 is 23.5 Å². The highest BCUT2D eigenvalue weighted by molar-refractivity contribution is 8.06. The first-order valence-electron chi connectivity index (χ1n) is 14.2. The molecule has 7 nitrogen and oxygen atoms in total. The number of nitrogens with one attached hydrogen (secondary N) is 1. The Morgan fingerprint density at radius 2 is 1.57 bits per heavy atom. The number of hydrogen-bond acceptors (Lipinski definition) is 7. The van der Waals surface area contributed by atoms with Crippen LogP contribution in [0.15, 0.2) is 125 Å². The lowest BCUT2D eigenvalue weighted by atomic mass is 10.0. The van der Waals surface area contributed by atoms with Crippen LogP contribution in [0.1, 0.15) is 11.1 Å². The average Bonchev–Trinajstić information content (AvgIpc) is 3.07. The molecule has 0 radical (unpaired) electrons. The number of hydrogen-bond donors (Lipinski definition) is 1. The standard InChI is InChI=1S/C35H30N2O5S2/c1-41-26-18-16-24(17-19-26)21-42-35(40)32-29(44-28-15-9-8-14-27(28)25-12-6-3-7-13-25)22-43-34-31(33(39)37(32)34)36-30(38)20-23-10-4-2-5-11-23/h2-19,31,34H,20-22H2,1H3,(H,36,38)/t31-,34-/m1/s1. The first-order chi connectivity index (χ1) is 21.5. The van der Waals surface area contributed by atoms with Crippen LogP contribution in [0.3, 0.4) is 0 Å². The first-order valence-corrected chi connectivity index (χ1v) is 16.0. The Hall–Kier alpha value is -4.47. The molecule has 1 N–H and O–H groups in total. The summed E-state index contributed by atoms with van der Waals surface area (Å²) in [5.74, 6) is 0.0551. The molecular weight excluding hydrogens is 593 g/mol. The summed E-state index contributed by atoms with van der Waals surface area (Å²) < 4.78 is 11.0. The van der Waals surface area contributed by atoms with Crippen LogP contribution in [0.5, 0.6) is 5.75 Å². The van der Waals surface area contributed by atoms with E-state index in [1.54, 1.807) is 19.2 Å². The molecule has 0 aromatic heterocycles. The molecule has 0 aliphatic carbocycles. The van der Waals surface area contributed by atoms with E-state index in [9.17, 15) is 14.4 Å². The Morgan fingerprint density at radius 3 is 2.30 bits per heavy atom. The van der Waals surface area contributed by atoms with Crippen LogP contribution in [-0.4, -0.2) is 47.0 Å². The van der Waals surface area contributed by atoms with Crippen LogP contribution < -0.4 is 10.1 Å². The van der Waals surface area contributed by atoms with Gasteiger partial charge in [-0.25, -0.2) is 4.79 Å². The number of benzene rings is 4. The predicted molar refractivity (Wildman–Crippen MR) is 173 cm³/mol. The molecule has 2 atom stereocenters. The zero-order valence-corrected chi connectivity index (χ0v) is 25.6. The minimum atomic E-state index is -0.719. The van der Waals surface area contributed by atoms with E-state index in [2.05, 4.69) is 5.32 Å². The van der Waals surface area contributed by atoms with Gasteiger partial charge in [0, 0.05) is 15.6 Å². The van der Waals surface area contributed by atoms with Gasteiger partial charge in [-0.1, -0.05) is 103 Å². The largest absolute Gasteiger partial charge is 0.497 e. The maximum absolute atomic E-state index is 13.7. The van der Waals surface area contributed by atoms with Crippen LogP contribution in [0, 0.1) is 0 Å². The predicted octanol–water partition coefficient (Wildman–Crippen LogP) is 6.05. The van der Waals surface area contributed by atoms with Gasteiger partial charge in [-0.15, -0.1) is 11.8 Å². The van der Waals surface area contributed by atoms with Crippen molar-refractivity contribution < 1.29 is 23.9 Å². The molecule has 1 saturated heterocycles. The van der Waals surface area contributed by atoms with Crippen molar-refractivity contribution in [2.75, 3.05) is 12.9 Å². The Labute approximate surface area is 264 Å². The number of rotatable bonds is 10. The van der Waals surface area contributed by atoms with Crippen LogP contribution in [0.2, 0.25) is 0 Å². The molecule has 2 amide bonds. The number of methoxy groups -OCH3 is 1. The molecule has 9 heteroatoms. The van der Waals surface area contributed by atoms with E-state index < -0.39 is 17.4 Å². The van der Waals surface area contributed by atoms with Crippen molar-refractivity contribution in [3.8, 4) is 16.9 Å². The molecule has 44 heavy (non-hydrogen) atoms. The van der Waals surface area contributed by atoms with Gasteiger partial charge >= 0.3 is 5.97 Å². The zero-order valence-electron chi connectivity index (χ0n) is 24.0. The highest BCUT2D eigenvalue weighted by Crippen LogP contribution is 2.47. The van der Waals surface area contributed by atoms with Gasteiger partial charge in [-0.3, -0.25) is 14.5 Å². The number of thioether (sulfide) groups is 2. The first kappa shape index (κ1) is 29.6. The molecule has 4 aromatic carbocycles. The van der Waals surface area contributed by atoms with Crippen LogP contribution in [0.25, 0.3) is 11.1 Å². The molecule has 0 bridgehead atoms. The molecule has 222 valence electrons. The monoisotopic (exact) mass is 622 g/mol. The van der Waals surface area contributed by atoms with Gasteiger partial charge in [-0.05, 0) is 40.5 Å². The summed E-state index contributed by atoms with van der Waals surface area (Å²) in [4.78, 5) is 43.3. The fraction of sp³-hybridized carbons (Fsp3) is 0.171. The van der Waals surface area contributed by atoms with Crippen LogP contribution in [-0.2, 0) is 32.1 Å². The van der Waals surface area contributed by atoms with Gasteiger partial charge in [0.25, 0.3) is 5.91 Å². The average molecular weight is 623 g/mol. The summed E-state index contributed by atoms with van der Waals surface area (Å²) >= 11 is 3.00. The summed E-state index contributed by atoms with van der Waals surface area (Å²) in [6.45, 7) is 0.0436. The molecule has 0 spiro atoms. The number of esters is 1. The van der Waals surface area contributed by atoms with E-state index in [0.29, 0.717) is 11.5 Å². The number of carbonyl (C=O) groups excluding carboxylic acids is 3. The number of amides is 2. The van der Waals surface area contributed by atoms with E-state index in [1.807, 2.05) is 97.1 Å². The van der Waals surface area contributed by atoms with E-state index >= 15 is 0 Å². The number of fused-ring (bicyclic) bond motifs is 1. The summed E-state index contributed by atoms with van der Waals surface area (Å²) in [6.07, 6.45) is 0.173. The molecular formula is C35H30N2O5S2. The van der Waals surface area contributed by atoms with Crippen molar-refractivity contribution in [2.24, 2.45) is 0 Å². The molecule has 2 aliphatic rings. The molecule has 2 heterocycles. The lowest BCUT2D eigenvalue weighted by Crippen LogP contribution is -2.70. The number of ether oxygens (including phenoxy) is 2. The van der Waals surface area contributed by atoms with Crippen molar-refractivity contribution in [3.05, 3.63) is 131 Å². The second-order valence-electron chi connectivity index (χ2n) is 10.3. The molecule has 1 fully saturated rings. The normalized spacial score (nSPS) is 17.4. The number of β-lactam (4-membered cyclic amide) rings is 1. The minimum Gasteiger partial charge on any atom is -0.497 e. The molecule has 0 unspecified atom stereocenters. The smallest absolute Gasteiger partial charge is 0.356 e. The lowest BCUT2D eigenvalue weighted by molar-refractivity contribution is -0.153. The Kier molecular flexibility index (Phi) is 9.04. The van der Waals surface area contributed by atoms with Gasteiger partial charge in [0.15, 0.2) is 0 Å². The SMILES string of the molecule is COc1ccc(COC(=O)C2=C(Sc3ccccc3-c3ccccc3)CS[C@@H]3[C@H](NC(=O)Cc4ccccc4)C(=O)N23)cc1. The van der Waals surface area contributed by atoms with Crippen molar-refractivity contribution >= 4 is 41.3 Å².